The highest BCUT2D eigenvalue weighted by Crippen LogP contribution is 2.22. The predicted molar refractivity (Wildman–Crippen MR) is 123 cm³/mol. The van der Waals surface area contributed by atoms with Gasteiger partial charge in [-0.15, -0.1) is 0 Å². The normalized spacial score (nSPS) is 18.7. The number of aryl methyl sites for hydroxylation is 2. The van der Waals surface area contributed by atoms with E-state index in [4.69, 9.17) is 0 Å². The third-order valence-electron chi connectivity index (χ3n) is 6.25. The summed E-state index contributed by atoms with van der Waals surface area (Å²) in [5.41, 5.74) is 4.89. The van der Waals surface area contributed by atoms with Gasteiger partial charge in [0.1, 0.15) is 11.5 Å². The van der Waals surface area contributed by atoms with Crippen molar-refractivity contribution in [3.05, 3.63) is 59.7 Å². The van der Waals surface area contributed by atoms with Gasteiger partial charge in [0.25, 0.3) is 0 Å². The molecule has 1 aliphatic carbocycles. The predicted octanol–water partition coefficient (Wildman–Crippen LogP) is 3.15. The Morgan fingerprint density at radius 2 is 2.03 bits per heavy atom. The molecule has 2 aliphatic rings. The first-order valence-electron chi connectivity index (χ1n) is 11.1. The lowest BCUT2D eigenvalue weighted by Crippen LogP contribution is -2.34. The van der Waals surface area contributed by atoms with Gasteiger partial charge in [-0.2, -0.15) is 0 Å². The van der Waals surface area contributed by atoms with Crippen molar-refractivity contribution in [1.82, 2.24) is 24.6 Å². The van der Waals surface area contributed by atoms with Crippen LogP contribution < -0.4 is 10.2 Å². The van der Waals surface area contributed by atoms with E-state index >= 15 is 0 Å². The molecule has 0 amide bonds. The smallest absolute Gasteiger partial charge is 0.138 e. The minimum Gasteiger partial charge on any atom is -0.356 e. The number of rotatable bonds is 4. The molecule has 0 spiro atoms. The number of likely N-dealkylation sites (tertiary alicyclic amines) is 1. The summed E-state index contributed by atoms with van der Waals surface area (Å²) in [7, 11) is 6.33. The maximum Gasteiger partial charge on any atom is 0.138 e. The van der Waals surface area contributed by atoms with Crippen LogP contribution in [0.2, 0.25) is 0 Å². The maximum absolute atomic E-state index is 4.65. The number of nitrogens with one attached hydrogen (secondary N) is 1. The quantitative estimate of drug-likeness (QED) is 0.721. The average molecular weight is 407 g/mol. The lowest BCUT2D eigenvalue weighted by Gasteiger charge is -2.27. The van der Waals surface area contributed by atoms with Crippen molar-refractivity contribution in [3.8, 4) is 0 Å². The zero-order valence-electron chi connectivity index (χ0n) is 18.5. The molecule has 1 saturated heterocycles. The van der Waals surface area contributed by atoms with Gasteiger partial charge in [-0.3, -0.25) is 9.38 Å². The summed E-state index contributed by atoms with van der Waals surface area (Å²) in [6, 6.07) is 11.1. The van der Waals surface area contributed by atoms with Crippen LogP contribution in [0.1, 0.15) is 36.2 Å². The molecule has 160 valence electrons. The van der Waals surface area contributed by atoms with Crippen LogP contribution in [-0.4, -0.2) is 59.5 Å². The van der Waals surface area contributed by atoms with Crippen molar-refractivity contribution in [1.29, 1.82) is 0 Å². The first-order chi connectivity index (χ1) is 14.7. The summed E-state index contributed by atoms with van der Waals surface area (Å²) in [6.07, 6.45) is 10.4. The third-order valence-corrected chi connectivity index (χ3v) is 6.25. The molecule has 1 N–H and O–H groups in total. The molecular weight excluding hydrogens is 372 g/mol. The summed E-state index contributed by atoms with van der Waals surface area (Å²) >= 11 is 0. The molecule has 6 nitrogen and oxygen atoms in total. The van der Waals surface area contributed by atoms with Crippen molar-refractivity contribution in [3.63, 3.8) is 0 Å². The van der Waals surface area contributed by atoms with Gasteiger partial charge < -0.3 is 15.1 Å². The number of aromatic nitrogens is 3. The van der Waals surface area contributed by atoms with E-state index in [0.29, 0.717) is 6.04 Å². The van der Waals surface area contributed by atoms with E-state index in [2.05, 4.69) is 74.0 Å². The minimum atomic E-state index is 0.584. The van der Waals surface area contributed by atoms with Crippen LogP contribution in [0, 0.1) is 0 Å². The Hall–Kier alpha value is -2.44. The van der Waals surface area contributed by atoms with Gasteiger partial charge in [-0.25, -0.2) is 4.98 Å². The first kappa shape index (κ1) is 20.8. The number of pyridine rings is 2. The first-order valence-corrected chi connectivity index (χ1v) is 11.1. The second-order valence-corrected chi connectivity index (χ2v) is 8.51. The van der Waals surface area contributed by atoms with Crippen molar-refractivity contribution < 1.29 is 0 Å². The minimum absolute atomic E-state index is 0.584. The molecule has 0 saturated carbocycles. The lowest BCUT2D eigenvalue weighted by molar-refractivity contribution is 0.409. The highest BCUT2D eigenvalue weighted by Gasteiger charge is 2.24. The Kier molecular flexibility index (Phi) is 6.65. The number of hydrogen-bond acceptors (Lipinski definition) is 5. The molecule has 0 radical (unpaired) electrons. The van der Waals surface area contributed by atoms with Crippen LogP contribution in [0.5, 0.6) is 0 Å². The summed E-state index contributed by atoms with van der Waals surface area (Å²) in [5.74, 6) is 1.22. The fraction of sp³-hybridized carbons (Fsp3) is 0.500. The van der Waals surface area contributed by atoms with Crippen LogP contribution in [0.15, 0.2) is 42.7 Å². The van der Waals surface area contributed by atoms with Gasteiger partial charge >= 0.3 is 0 Å². The Labute approximate surface area is 179 Å². The van der Waals surface area contributed by atoms with E-state index in [9.17, 15) is 0 Å². The van der Waals surface area contributed by atoms with Gasteiger partial charge in [-0.05, 0) is 76.5 Å². The van der Waals surface area contributed by atoms with Crippen LogP contribution in [0.4, 0.5) is 5.82 Å². The topological polar surface area (TPSA) is 48.7 Å². The second-order valence-electron chi connectivity index (χ2n) is 8.51. The average Bonchev–Trinajstić information content (AvgIpc) is 3.39. The number of nitrogens with zero attached hydrogens (tertiary/aromatic N) is 5. The molecule has 1 unspecified atom stereocenters. The van der Waals surface area contributed by atoms with Crippen molar-refractivity contribution >= 4 is 11.5 Å². The van der Waals surface area contributed by atoms with Crippen molar-refractivity contribution in [2.45, 2.75) is 44.7 Å². The van der Waals surface area contributed by atoms with Gasteiger partial charge in [0.15, 0.2) is 0 Å². The molecule has 0 aromatic carbocycles. The molecule has 4 heterocycles. The SMILES string of the molecule is CNCc1cn2c(N(C)C3CCN(C)C3)cccc2n1.c1cnc2c(c1)CCCC2. The standard InChI is InChI=1S/C15H23N5.C9H11N/c1-16-9-12-10-20-14(17-12)5-4-6-15(20)19(3)13-7-8-18(2)11-13;1-2-6-9-8(4-1)5-3-7-10-9/h4-6,10,13,16H,7-9,11H2,1-3H3;3,5,7H,1-2,4,6H2. The maximum atomic E-state index is 4.65. The molecule has 6 heteroatoms. The highest BCUT2D eigenvalue weighted by molar-refractivity contribution is 5.53. The van der Waals surface area contributed by atoms with Crippen LogP contribution in [0.25, 0.3) is 5.65 Å². The molecular formula is C24H34N6. The Balaban J connectivity index is 0.000000181. The molecule has 1 atom stereocenters. The van der Waals surface area contributed by atoms with Gasteiger partial charge in [0.05, 0.1) is 5.69 Å². The molecule has 3 aromatic rings. The van der Waals surface area contributed by atoms with E-state index < -0.39 is 0 Å². The Bertz CT molecular complexity index is 940. The summed E-state index contributed by atoms with van der Waals surface area (Å²) in [5, 5.41) is 3.16. The van der Waals surface area contributed by atoms with E-state index in [1.54, 1.807) is 0 Å². The third kappa shape index (κ3) is 4.65. The van der Waals surface area contributed by atoms with Gasteiger partial charge in [-0.1, -0.05) is 12.1 Å². The number of anilines is 1. The molecule has 0 bridgehead atoms. The molecule has 1 fully saturated rings. The summed E-state index contributed by atoms with van der Waals surface area (Å²) < 4.78 is 2.20. The van der Waals surface area contributed by atoms with Crippen LogP contribution in [-0.2, 0) is 19.4 Å². The Morgan fingerprint density at radius 3 is 2.80 bits per heavy atom. The van der Waals surface area contributed by atoms with E-state index in [-0.39, 0.29) is 0 Å². The van der Waals surface area contributed by atoms with Gasteiger partial charge in [0.2, 0.25) is 0 Å². The monoisotopic (exact) mass is 406 g/mol. The zero-order valence-corrected chi connectivity index (χ0v) is 18.5. The second kappa shape index (κ2) is 9.58. The molecule has 1 aliphatic heterocycles. The number of fused-ring (bicyclic) bond motifs is 2. The molecule has 5 rings (SSSR count). The number of hydrogen-bond donors (Lipinski definition) is 1. The zero-order chi connectivity index (χ0) is 20.9. The molecule has 3 aromatic heterocycles. The lowest BCUT2D eigenvalue weighted by atomic mass is 9.96. The van der Waals surface area contributed by atoms with Crippen molar-refractivity contribution in [2.75, 3.05) is 39.1 Å². The van der Waals surface area contributed by atoms with Gasteiger partial charge in [0, 0.05) is 44.3 Å². The van der Waals surface area contributed by atoms with Crippen LogP contribution in [0.3, 0.4) is 0 Å². The summed E-state index contributed by atoms with van der Waals surface area (Å²) in [6.45, 7) is 3.11. The van der Waals surface area contributed by atoms with Crippen molar-refractivity contribution in [2.24, 2.45) is 0 Å². The van der Waals surface area contributed by atoms with E-state index in [1.807, 2.05) is 19.3 Å². The Morgan fingerprint density at radius 1 is 1.17 bits per heavy atom. The fourth-order valence-electron chi connectivity index (χ4n) is 4.55. The number of likely N-dealkylation sites (N-methyl/N-ethyl adjacent to an activating group) is 2. The number of imidazole rings is 1. The van der Waals surface area contributed by atoms with Crippen LogP contribution >= 0.6 is 0 Å². The largest absolute Gasteiger partial charge is 0.356 e. The van der Waals surface area contributed by atoms with E-state index in [0.717, 1.165) is 24.4 Å². The summed E-state index contributed by atoms with van der Waals surface area (Å²) in [4.78, 5) is 13.8. The van der Waals surface area contributed by atoms with E-state index in [1.165, 1.54) is 55.7 Å². The fourth-order valence-corrected chi connectivity index (χ4v) is 4.55. The molecule has 30 heavy (non-hydrogen) atoms. The highest BCUT2D eigenvalue weighted by atomic mass is 15.3.